The maximum atomic E-state index is 5.60. The largest absolute Gasteiger partial charge is 0.378 e. The van der Waals surface area contributed by atoms with Crippen LogP contribution in [0.25, 0.3) is 5.69 Å². The number of nitrogens with zero attached hydrogens (tertiary/aromatic N) is 4. The van der Waals surface area contributed by atoms with Gasteiger partial charge in [-0.15, -0.1) is 5.10 Å². The van der Waals surface area contributed by atoms with Gasteiger partial charge in [0.05, 0.1) is 11.8 Å². The van der Waals surface area contributed by atoms with Gasteiger partial charge in [-0.05, 0) is 54.8 Å². The number of hydrogen-bond acceptors (Lipinski definition) is 5. The van der Waals surface area contributed by atoms with Crippen LogP contribution in [0.4, 0.5) is 0 Å². The van der Waals surface area contributed by atoms with Crippen molar-refractivity contribution in [3.05, 3.63) is 36.2 Å². The predicted molar refractivity (Wildman–Crippen MR) is 79.1 cm³/mol. The van der Waals surface area contributed by atoms with Crippen LogP contribution < -0.4 is 5.32 Å². The van der Waals surface area contributed by atoms with Crippen molar-refractivity contribution in [2.45, 2.75) is 44.9 Å². The van der Waals surface area contributed by atoms with Gasteiger partial charge in [-0.1, -0.05) is 12.1 Å². The second kappa shape index (κ2) is 6.32. The van der Waals surface area contributed by atoms with Crippen LogP contribution in [0, 0.1) is 0 Å². The van der Waals surface area contributed by atoms with E-state index in [2.05, 4.69) is 46.8 Å². The molecule has 6 heteroatoms. The molecule has 2 heterocycles. The number of tetrazole rings is 1. The van der Waals surface area contributed by atoms with Gasteiger partial charge in [-0.25, -0.2) is 4.68 Å². The number of nitrogens with one attached hydrogen (secondary N) is 1. The van der Waals surface area contributed by atoms with E-state index in [1.54, 1.807) is 11.0 Å². The fourth-order valence-electron chi connectivity index (χ4n) is 2.82. The van der Waals surface area contributed by atoms with Crippen LogP contribution in [-0.2, 0) is 4.74 Å². The summed E-state index contributed by atoms with van der Waals surface area (Å²) in [5, 5.41) is 15.0. The third-order valence-corrected chi connectivity index (χ3v) is 3.95. The molecule has 1 fully saturated rings. The van der Waals surface area contributed by atoms with Crippen molar-refractivity contribution in [2.24, 2.45) is 0 Å². The van der Waals surface area contributed by atoms with Crippen LogP contribution in [0.1, 0.15) is 38.3 Å². The van der Waals surface area contributed by atoms with Gasteiger partial charge in [0.2, 0.25) is 0 Å². The summed E-state index contributed by atoms with van der Waals surface area (Å²) in [4.78, 5) is 0. The number of hydrogen-bond donors (Lipinski definition) is 1. The number of rotatable bonds is 4. The van der Waals surface area contributed by atoms with E-state index in [-0.39, 0.29) is 6.04 Å². The Morgan fingerprint density at radius 1 is 1.43 bits per heavy atom. The molecule has 1 N–H and O–H groups in total. The standard InChI is InChI=1S/C15H21N5O/c1-11-8-14(6-7-21-11)17-12(2)13-4-3-5-15(9-13)20-10-16-18-19-20/h3-5,9-12,14,17H,6-8H2,1-2H3. The van der Waals surface area contributed by atoms with Crippen LogP contribution in [-0.4, -0.2) is 39.0 Å². The Morgan fingerprint density at radius 2 is 2.33 bits per heavy atom. The average Bonchev–Trinajstić information content (AvgIpc) is 3.02. The Kier molecular flexibility index (Phi) is 4.26. The van der Waals surface area contributed by atoms with Gasteiger partial charge in [0.1, 0.15) is 6.33 Å². The molecule has 3 rings (SSSR count). The highest BCUT2D eigenvalue weighted by Crippen LogP contribution is 2.20. The van der Waals surface area contributed by atoms with Gasteiger partial charge in [0.15, 0.2) is 0 Å². The number of benzene rings is 1. The third-order valence-electron chi connectivity index (χ3n) is 3.95. The third kappa shape index (κ3) is 3.46. The fraction of sp³-hybridized carbons (Fsp3) is 0.533. The van der Waals surface area contributed by atoms with Crippen molar-refractivity contribution in [3.63, 3.8) is 0 Å². The van der Waals surface area contributed by atoms with Crippen molar-refractivity contribution in [2.75, 3.05) is 6.61 Å². The zero-order valence-electron chi connectivity index (χ0n) is 12.4. The van der Waals surface area contributed by atoms with Gasteiger partial charge in [0, 0.05) is 18.7 Å². The Morgan fingerprint density at radius 3 is 3.10 bits per heavy atom. The minimum atomic E-state index is 0.289. The predicted octanol–water partition coefficient (Wildman–Crippen LogP) is 1.88. The Labute approximate surface area is 124 Å². The van der Waals surface area contributed by atoms with Gasteiger partial charge >= 0.3 is 0 Å². The molecule has 0 radical (unpaired) electrons. The molecule has 1 aromatic carbocycles. The highest BCUT2D eigenvalue weighted by atomic mass is 16.5. The summed E-state index contributed by atoms with van der Waals surface area (Å²) >= 11 is 0. The minimum Gasteiger partial charge on any atom is -0.378 e. The van der Waals surface area contributed by atoms with E-state index in [1.165, 1.54) is 5.56 Å². The summed E-state index contributed by atoms with van der Waals surface area (Å²) in [5.74, 6) is 0. The molecule has 0 amide bonds. The second-order valence-electron chi connectivity index (χ2n) is 5.64. The summed E-state index contributed by atoms with van der Waals surface area (Å²) in [5.41, 5.74) is 2.22. The SMILES string of the molecule is CC1CC(NC(C)c2cccc(-n3cnnn3)c2)CCO1. The molecule has 1 aliphatic rings. The average molecular weight is 287 g/mol. The lowest BCUT2D eigenvalue weighted by Gasteiger charge is -2.30. The molecule has 0 saturated carbocycles. The van der Waals surface area contributed by atoms with E-state index in [9.17, 15) is 0 Å². The van der Waals surface area contributed by atoms with Gasteiger partial charge in [-0.2, -0.15) is 0 Å². The van der Waals surface area contributed by atoms with E-state index >= 15 is 0 Å². The molecule has 3 atom stereocenters. The highest BCUT2D eigenvalue weighted by Gasteiger charge is 2.21. The van der Waals surface area contributed by atoms with Gasteiger partial charge in [0.25, 0.3) is 0 Å². The maximum absolute atomic E-state index is 5.60. The molecule has 1 aliphatic heterocycles. The Hall–Kier alpha value is -1.79. The lowest BCUT2D eigenvalue weighted by Crippen LogP contribution is -2.39. The van der Waals surface area contributed by atoms with Crippen molar-refractivity contribution in [1.82, 2.24) is 25.5 Å². The molecular formula is C15H21N5O. The first kappa shape index (κ1) is 14.2. The molecule has 0 aliphatic carbocycles. The Balaban J connectivity index is 1.69. The van der Waals surface area contributed by atoms with E-state index in [0.717, 1.165) is 25.1 Å². The van der Waals surface area contributed by atoms with E-state index in [0.29, 0.717) is 12.1 Å². The van der Waals surface area contributed by atoms with Crippen molar-refractivity contribution < 1.29 is 4.74 Å². The van der Waals surface area contributed by atoms with Crippen molar-refractivity contribution >= 4 is 0 Å². The molecule has 21 heavy (non-hydrogen) atoms. The summed E-state index contributed by atoms with van der Waals surface area (Å²) in [6, 6.07) is 9.10. The summed E-state index contributed by atoms with van der Waals surface area (Å²) in [7, 11) is 0. The summed E-state index contributed by atoms with van der Waals surface area (Å²) in [6.07, 6.45) is 4.09. The van der Waals surface area contributed by atoms with E-state index in [1.807, 2.05) is 12.1 Å². The lowest BCUT2D eigenvalue weighted by atomic mass is 10.0. The fourth-order valence-corrected chi connectivity index (χ4v) is 2.82. The molecule has 0 bridgehead atoms. The zero-order chi connectivity index (χ0) is 14.7. The smallest absolute Gasteiger partial charge is 0.143 e. The maximum Gasteiger partial charge on any atom is 0.143 e. The highest BCUT2D eigenvalue weighted by molar-refractivity contribution is 5.35. The Bertz CT molecular complexity index is 571. The molecule has 112 valence electrons. The minimum absolute atomic E-state index is 0.289. The monoisotopic (exact) mass is 287 g/mol. The van der Waals surface area contributed by atoms with Crippen LogP contribution in [0.5, 0.6) is 0 Å². The van der Waals surface area contributed by atoms with Crippen LogP contribution in [0.3, 0.4) is 0 Å². The van der Waals surface area contributed by atoms with Crippen LogP contribution in [0.2, 0.25) is 0 Å². The van der Waals surface area contributed by atoms with Crippen LogP contribution >= 0.6 is 0 Å². The molecule has 0 spiro atoms. The second-order valence-corrected chi connectivity index (χ2v) is 5.64. The first-order valence-corrected chi connectivity index (χ1v) is 7.43. The summed E-state index contributed by atoms with van der Waals surface area (Å²) in [6.45, 7) is 5.17. The zero-order valence-corrected chi connectivity index (χ0v) is 12.4. The molecule has 6 nitrogen and oxygen atoms in total. The van der Waals surface area contributed by atoms with Crippen molar-refractivity contribution in [3.8, 4) is 5.69 Å². The molecule has 2 aromatic rings. The quantitative estimate of drug-likeness (QED) is 0.930. The lowest BCUT2D eigenvalue weighted by molar-refractivity contribution is 0.0116. The van der Waals surface area contributed by atoms with Gasteiger partial charge < -0.3 is 10.1 Å². The van der Waals surface area contributed by atoms with Crippen LogP contribution in [0.15, 0.2) is 30.6 Å². The number of aromatic nitrogens is 4. The number of ether oxygens (including phenoxy) is 1. The topological polar surface area (TPSA) is 64.9 Å². The first-order chi connectivity index (χ1) is 10.2. The normalized spacial score (nSPS) is 23.9. The summed E-state index contributed by atoms with van der Waals surface area (Å²) < 4.78 is 7.27. The molecule has 1 saturated heterocycles. The molecular weight excluding hydrogens is 266 g/mol. The van der Waals surface area contributed by atoms with E-state index < -0.39 is 0 Å². The van der Waals surface area contributed by atoms with Gasteiger partial charge in [-0.3, -0.25) is 0 Å². The first-order valence-electron chi connectivity index (χ1n) is 7.43. The molecule has 3 unspecified atom stereocenters. The molecule has 1 aromatic heterocycles. The van der Waals surface area contributed by atoms with Crippen molar-refractivity contribution in [1.29, 1.82) is 0 Å². The van der Waals surface area contributed by atoms with E-state index in [4.69, 9.17) is 4.74 Å².